The molecule has 0 spiro atoms. The fourth-order valence-electron chi connectivity index (χ4n) is 3.59. The van der Waals surface area contributed by atoms with Gasteiger partial charge < -0.3 is 4.74 Å². The van der Waals surface area contributed by atoms with E-state index < -0.39 is 0 Å². The summed E-state index contributed by atoms with van der Waals surface area (Å²) in [5.41, 5.74) is 7.28. The van der Waals surface area contributed by atoms with Gasteiger partial charge in [-0.15, -0.1) is 0 Å². The lowest BCUT2D eigenvalue weighted by atomic mass is 9.99. The number of hydrogen-bond acceptors (Lipinski definition) is 4. The zero-order valence-electron chi connectivity index (χ0n) is 14.7. The smallest absolute Gasteiger partial charge is 0.174 e. The van der Waals surface area contributed by atoms with Crippen LogP contribution in [-0.4, -0.2) is 22.8 Å². The summed E-state index contributed by atoms with van der Waals surface area (Å²) < 4.78 is 5.94. The third kappa shape index (κ3) is 2.49. The lowest BCUT2D eigenvalue weighted by Gasteiger charge is -2.16. The summed E-state index contributed by atoms with van der Waals surface area (Å²) in [6, 6.07) is 14.7. The second-order valence-electron chi connectivity index (χ2n) is 6.80. The minimum atomic E-state index is 0.731. The predicted molar refractivity (Wildman–Crippen MR) is 103 cm³/mol. The van der Waals surface area contributed by atoms with E-state index in [0.29, 0.717) is 0 Å². The molecule has 3 aromatic rings. The Hall–Kier alpha value is -3.01. The van der Waals surface area contributed by atoms with Crippen LogP contribution in [0, 0.1) is 6.92 Å². The number of aliphatic imine (C=N–C) groups is 1. The SMILES string of the molecule is Cc1ccc(-c2nc3c(nc2-c2cccc4c2OCC4)CCC=N3)cc1. The number of aromatic nitrogens is 2. The molecule has 0 fully saturated rings. The lowest BCUT2D eigenvalue weighted by molar-refractivity contribution is 0.358. The maximum Gasteiger partial charge on any atom is 0.174 e. The molecule has 2 aromatic carbocycles. The normalized spacial score (nSPS) is 14.7. The summed E-state index contributed by atoms with van der Waals surface area (Å²) in [5, 5.41) is 0. The van der Waals surface area contributed by atoms with E-state index in [4.69, 9.17) is 14.7 Å². The van der Waals surface area contributed by atoms with Crippen molar-refractivity contribution >= 4 is 12.0 Å². The van der Waals surface area contributed by atoms with E-state index in [1.807, 2.05) is 6.21 Å². The highest BCUT2D eigenvalue weighted by Crippen LogP contribution is 2.41. The quantitative estimate of drug-likeness (QED) is 0.678. The van der Waals surface area contributed by atoms with Gasteiger partial charge >= 0.3 is 0 Å². The number of ether oxygens (including phenoxy) is 1. The highest BCUT2D eigenvalue weighted by molar-refractivity contribution is 5.83. The van der Waals surface area contributed by atoms with Gasteiger partial charge in [-0.1, -0.05) is 42.0 Å². The standard InChI is InChI=1S/C22H19N3O/c1-14-7-9-15(10-8-14)19-20(24-18-6-3-12-23-22(18)25-19)17-5-2-4-16-11-13-26-21(16)17/h2,4-5,7-10,12H,3,6,11,13H2,1H3. The molecular weight excluding hydrogens is 322 g/mol. The van der Waals surface area contributed by atoms with Crippen LogP contribution in [0.15, 0.2) is 47.5 Å². The molecule has 2 aliphatic rings. The topological polar surface area (TPSA) is 47.4 Å². The van der Waals surface area contributed by atoms with Crippen LogP contribution in [0.4, 0.5) is 5.82 Å². The van der Waals surface area contributed by atoms with Gasteiger partial charge in [-0.3, -0.25) is 0 Å². The van der Waals surface area contributed by atoms with Gasteiger partial charge in [-0.2, -0.15) is 0 Å². The Balaban J connectivity index is 1.77. The summed E-state index contributed by atoms with van der Waals surface area (Å²) >= 11 is 0. The summed E-state index contributed by atoms with van der Waals surface area (Å²) in [6.45, 7) is 2.82. The van der Waals surface area contributed by atoms with E-state index in [1.54, 1.807) is 0 Å². The van der Waals surface area contributed by atoms with Crippen LogP contribution in [0.5, 0.6) is 5.75 Å². The number of hydrogen-bond donors (Lipinski definition) is 0. The minimum Gasteiger partial charge on any atom is -0.492 e. The molecule has 0 bridgehead atoms. The van der Waals surface area contributed by atoms with Gasteiger partial charge in [0.15, 0.2) is 5.82 Å². The molecule has 0 aliphatic carbocycles. The first kappa shape index (κ1) is 15.3. The highest BCUT2D eigenvalue weighted by Gasteiger charge is 2.23. The van der Waals surface area contributed by atoms with Crippen molar-refractivity contribution in [2.45, 2.75) is 26.2 Å². The average molecular weight is 341 g/mol. The molecule has 3 heterocycles. The Morgan fingerprint density at radius 2 is 1.81 bits per heavy atom. The van der Waals surface area contributed by atoms with Crippen LogP contribution in [0.25, 0.3) is 22.5 Å². The number of benzene rings is 2. The van der Waals surface area contributed by atoms with Crippen LogP contribution in [0.2, 0.25) is 0 Å². The largest absolute Gasteiger partial charge is 0.492 e. The molecule has 4 heteroatoms. The first-order chi connectivity index (χ1) is 12.8. The average Bonchev–Trinajstić information content (AvgIpc) is 3.16. The summed E-state index contributed by atoms with van der Waals surface area (Å²) in [4.78, 5) is 14.4. The van der Waals surface area contributed by atoms with Crippen molar-refractivity contribution in [1.29, 1.82) is 0 Å². The number of nitrogens with zero attached hydrogens (tertiary/aromatic N) is 3. The Morgan fingerprint density at radius 1 is 0.923 bits per heavy atom. The van der Waals surface area contributed by atoms with Crippen LogP contribution in [0.1, 0.15) is 23.2 Å². The summed E-state index contributed by atoms with van der Waals surface area (Å²) in [7, 11) is 0. The van der Waals surface area contributed by atoms with Gasteiger partial charge in [0, 0.05) is 23.8 Å². The highest BCUT2D eigenvalue weighted by atomic mass is 16.5. The maximum absolute atomic E-state index is 5.94. The van der Waals surface area contributed by atoms with Crippen LogP contribution < -0.4 is 4.74 Å². The van der Waals surface area contributed by atoms with Crippen molar-refractivity contribution in [2.75, 3.05) is 6.61 Å². The molecule has 0 atom stereocenters. The van der Waals surface area contributed by atoms with E-state index >= 15 is 0 Å². The zero-order valence-corrected chi connectivity index (χ0v) is 14.7. The van der Waals surface area contributed by atoms with Gasteiger partial charge in [0.25, 0.3) is 0 Å². The van der Waals surface area contributed by atoms with E-state index in [2.05, 4.69) is 54.4 Å². The molecule has 0 unspecified atom stereocenters. The predicted octanol–water partition coefficient (Wildman–Crippen LogP) is 4.70. The number of aryl methyl sites for hydroxylation is 2. The number of rotatable bonds is 2. The first-order valence-electron chi connectivity index (χ1n) is 9.05. The van der Waals surface area contributed by atoms with Crippen molar-refractivity contribution in [3.63, 3.8) is 0 Å². The van der Waals surface area contributed by atoms with Crippen molar-refractivity contribution in [1.82, 2.24) is 9.97 Å². The van der Waals surface area contributed by atoms with Crippen molar-refractivity contribution in [3.8, 4) is 28.3 Å². The second-order valence-corrected chi connectivity index (χ2v) is 6.80. The van der Waals surface area contributed by atoms with E-state index in [0.717, 1.165) is 65.6 Å². The third-order valence-electron chi connectivity index (χ3n) is 4.97. The molecule has 2 aliphatic heterocycles. The van der Waals surface area contributed by atoms with E-state index in [9.17, 15) is 0 Å². The molecule has 0 saturated carbocycles. The molecule has 0 N–H and O–H groups in total. The molecule has 128 valence electrons. The molecular formula is C22H19N3O. The van der Waals surface area contributed by atoms with Crippen molar-refractivity contribution in [3.05, 3.63) is 59.3 Å². The fraction of sp³-hybridized carbons (Fsp3) is 0.227. The molecule has 0 radical (unpaired) electrons. The Labute approximate surface area is 152 Å². The van der Waals surface area contributed by atoms with Crippen LogP contribution in [0.3, 0.4) is 0 Å². The number of para-hydroxylation sites is 1. The monoisotopic (exact) mass is 341 g/mol. The van der Waals surface area contributed by atoms with Gasteiger partial charge in [-0.05, 0) is 31.4 Å². The molecule has 26 heavy (non-hydrogen) atoms. The third-order valence-corrected chi connectivity index (χ3v) is 4.97. The van der Waals surface area contributed by atoms with Gasteiger partial charge in [-0.25, -0.2) is 15.0 Å². The molecule has 5 rings (SSSR count). The van der Waals surface area contributed by atoms with Crippen LogP contribution >= 0.6 is 0 Å². The fourth-order valence-corrected chi connectivity index (χ4v) is 3.59. The molecule has 1 aromatic heterocycles. The summed E-state index contributed by atoms with van der Waals surface area (Å²) in [6.07, 6.45) is 4.67. The Morgan fingerprint density at radius 3 is 2.69 bits per heavy atom. The molecule has 0 amide bonds. The Bertz CT molecular complexity index is 1020. The van der Waals surface area contributed by atoms with Gasteiger partial charge in [0.1, 0.15) is 11.4 Å². The van der Waals surface area contributed by atoms with Crippen molar-refractivity contribution in [2.24, 2.45) is 4.99 Å². The van der Waals surface area contributed by atoms with Crippen molar-refractivity contribution < 1.29 is 4.74 Å². The second kappa shape index (κ2) is 6.06. The number of fused-ring (bicyclic) bond motifs is 2. The lowest BCUT2D eigenvalue weighted by Crippen LogP contribution is -2.04. The summed E-state index contributed by atoms with van der Waals surface area (Å²) in [5.74, 6) is 1.69. The molecule has 4 nitrogen and oxygen atoms in total. The van der Waals surface area contributed by atoms with E-state index in [-0.39, 0.29) is 0 Å². The van der Waals surface area contributed by atoms with Crippen LogP contribution in [-0.2, 0) is 12.8 Å². The maximum atomic E-state index is 5.94. The zero-order chi connectivity index (χ0) is 17.5. The van der Waals surface area contributed by atoms with Gasteiger partial charge in [0.05, 0.1) is 18.0 Å². The minimum absolute atomic E-state index is 0.731. The first-order valence-corrected chi connectivity index (χ1v) is 9.05. The molecule has 0 saturated heterocycles. The Kier molecular flexibility index (Phi) is 3.56. The van der Waals surface area contributed by atoms with Gasteiger partial charge in [0.2, 0.25) is 0 Å². The van der Waals surface area contributed by atoms with E-state index in [1.165, 1.54) is 11.1 Å².